The van der Waals surface area contributed by atoms with Crippen LogP contribution in [0.25, 0.3) is 0 Å². The van der Waals surface area contributed by atoms with Crippen molar-refractivity contribution in [3.63, 3.8) is 0 Å². The largest absolute Gasteiger partial charge is 0.381 e. The molecule has 1 aliphatic rings. The zero-order valence-electron chi connectivity index (χ0n) is 7.97. The minimum atomic E-state index is 0.552. The minimum absolute atomic E-state index is 0.552. The van der Waals surface area contributed by atoms with Crippen molar-refractivity contribution in [2.24, 2.45) is 11.8 Å². The SMILES string of the molecule is CCC1C[C@H](C)CCC1OC. The van der Waals surface area contributed by atoms with Gasteiger partial charge in [0.1, 0.15) is 0 Å². The molecule has 1 rings (SSSR count). The second-order valence-corrected chi connectivity index (χ2v) is 3.86. The Bertz CT molecular complexity index is 111. The Morgan fingerprint density at radius 3 is 2.64 bits per heavy atom. The Morgan fingerprint density at radius 2 is 2.09 bits per heavy atom. The molecule has 0 spiro atoms. The van der Waals surface area contributed by atoms with Gasteiger partial charge >= 0.3 is 0 Å². The van der Waals surface area contributed by atoms with Crippen LogP contribution in [0.5, 0.6) is 0 Å². The van der Waals surface area contributed by atoms with Crippen LogP contribution in [0.3, 0.4) is 0 Å². The lowest BCUT2D eigenvalue weighted by molar-refractivity contribution is 0.00922. The Kier molecular flexibility index (Phi) is 3.38. The Balaban J connectivity index is 2.41. The number of methoxy groups -OCH3 is 1. The first-order valence-electron chi connectivity index (χ1n) is 4.80. The van der Waals surface area contributed by atoms with Crippen molar-refractivity contribution in [1.82, 2.24) is 0 Å². The highest BCUT2D eigenvalue weighted by atomic mass is 16.5. The van der Waals surface area contributed by atoms with Crippen LogP contribution < -0.4 is 0 Å². The summed E-state index contributed by atoms with van der Waals surface area (Å²) in [6.07, 6.45) is 5.83. The van der Waals surface area contributed by atoms with Gasteiger partial charge in [0.2, 0.25) is 0 Å². The van der Waals surface area contributed by atoms with Gasteiger partial charge in [0.15, 0.2) is 0 Å². The van der Waals surface area contributed by atoms with Crippen molar-refractivity contribution in [3.05, 3.63) is 0 Å². The van der Waals surface area contributed by atoms with Gasteiger partial charge in [0, 0.05) is 7.11 Å². The van der Waals surface area contributed by atoms with E-state index < -0.39 is 0 Å². The molecule has 1 fully saturated rings. The molecule has 0 aromatic rings. The lowest BCUT2D eigenvalue weighted by atomic mass is 9.79. The van der Waals surface area contributed by atoms with Gasteiger partial charge in [-0.2, -0.15) is 0 Å². The van der Waals surface area contributed by atoms with Gasteiger partial charge in [-0.1, -0.05) is 20.3 Å². The van der Waals surface area contributed by atoms with Gasteiger partial charge in [-0.25, -0.2) is 0 Å². The summed E-state index contributed by atoms with van der Waals surface area (Å²) in [5.41, 5.74) is 0. The van der Waals surface area contributed by atoms with E-state index in [1.807, 2.05) is 7.11 Å². The van der Waals surface area contributed by atoms with E-state index in [-0.39, 0.29) is 0 Å². The van der Waals surface area contributed by atoms with E-state index in [4.69, 9.17) is 4.74 Å². The third-order valence-corrected chi connectivity index (χ3v) is 3.00. The molecule has 0 aromatic heterocycles. The molecule has 0 N–H and O–H groups in total. The van der Waals surface area contributed by atoms with E-state index in [1.54, 1.807) is 0 Å². The van der Waals surface area contributed by atoms with Gasteiger partial charge in [-0.05, 0) is 31.1 Å². The molecule has 66 valence electrons. The summed E-state index contributed by atoms with van der Waals surface area (Å²) in [7, 11) is 1.85. The molecule has 0 aliphatic heterocycles. The molecule has 2 unspecified atom stereocenters. The summed E-state index contributed by atoms with van der Waals surface area (Å²) in [4.78, 5) is 0. The van der Waals surface area contributed by atoms with Crippen LogP contribution in [-0.2, 0) is 4.74 Å². The van der Waals surface area contributed by atoms with Crippen LogP contribution in [0, 0.1) is 11.8 Å². The first-order valence-corrected chi connectivity index (χ1v) is 4.80. The van der Waals surface area contributed by atoms with Crippen LogP contribution in [-0.4, -0.2) is 13.2 Å². The molecule has 11 heavy (non-hydrogen) atoms. The second-order valence-electron chi connectivity index (χ2n) is 3.86. The van der Waals surface area contributed by atoms with Crippen molar-refractivity contribution in [2.75, 3.05) is 7.11 Å². The summed E-state index contributed by atoms with van der Waals surface area (Å²) in [6.45, 7) is 4.63. The van der Waals surface area contributed by atoms with Crippen LogP contribution in [0.1, 0.15) is 39.5 Å². The summed E-state index contributed by atoms with van der Waals surface area (Å²) in [5.74, 6) is 1.75. The average molecular weight is 156 g/mol. The maximum absolute atomic E-state index is 5.44. The number of hydrogen-bond donors (Lipinski definition) is 0. The highest BCUT2D eigenvalue weighted by Crippen LogP contribution is 2.32. The highest BCUT2D eigenvalue weighted by molar-refractivity contribution is 4.77. The molecular weight excluding hydrogens is 136 g/mol. The van der Waals surface area contributed by atoms with Crippen LogP contribution in [0.4, 0.5) is 0 Å². The van der Waals surface area contributed by atoms with Crippen LogP contribution in [0.2, 0.25) is 0 Å². The topological polar surface area (TPSA) is 9.23 Å². The quantitative estimate of drug-likeness (QED) is 0.597. The van der Waals surface area contributed by atoms with Crippen molar-refractivity contribution in [2.45, 2.75) is 45.6 Å². The molecule has 1 saturated carbocycles. The molecule has 0 amide bonds. The van der Waals surface area contributed by atoms with Crippen molar-refractivity contribution in [3.8, 4) is 0 Å². The molecule has 0 bridgehead atoms. The first-order chi connectivity index (χ1) is 5.27. The minimum Gasteiger partial charge on any atom is -0.381 e. The molecule has 3 atom stereocenters. The van der Waals surface area contributed by atoms with E-state index >= 15 is 0 Å². The summed E-state index contributed by atoms with van der Waals surface area (Å²) in [6, 6.07) is 0. The fourth-order valence-corrected chi connectivity index (χ4v) is 2.21. The molecule has 0 heterocycles. The van der Waals surface area contributed by atoms with Crippen molar-refractivity contribution in [1.29, 1.82) is 0 Å². The van der Waals surface area contributed by atoms with E-state index in [0.717, 1.165) is 11.8 Å². The summed E-state index contributed by atoms with van der Waals surface area (Å²) >= 11 is 0. The van der Waals surface area contributed by atoms with Gasteiger partial charge in [-0.3, -0.25) is 0 Å². The van der Waals surface area contributed by atoms with E-state index in [1.165, 1.54) is 25.7 Å². The Morgan fingerprint density at radius 1 is 1.36 bits per heavy atom. The maximum Gasteiger partial charge on any atom is 0.0599 e. The van der Waals surface area contributed by atoms with Gasteiger partial charge in [-0.15, -0.1) is 0 Å². The van der Waals surface area contributed by atoms with Crippen LogP contribution >= 0.6 is 0 Å². The zero-order valence-corrected chi connectivity index (χ0v) is 7.97. The maximum atomic E-state index is 5.44. The van der Waals surface area contributed by atoms with Crippen molar-refractivity contribution >= 4 is 0 Å². The highest BCUT2D eigenvalue weighted by Gasteiger charge is 2.26. The van der Waals surface area contributed by atoms with Gasteiger partial charge in [0.05, 0.1) is 6.10 Å². The molecule has 1 heteroatoms. The Labute approximate surface area is 70.1 Å². The summed E-state index contributed by atoms with van der Waals surface area (Å²) < 4.78 is 5.44. The number of ether oxygens (including phenoxy) is 1. The molecule has 1 nitrogen and oxygen atoms in total. The molecule has 0 radical (unpaired) electrons. The predicted molar refractivity (Wildman–Crippen MR) is 47.6 cm³/mol. The van der Waals surface area contributed by atoms with E-state index in [9.17, 15) is 0 Å². The molecule has 0 aromatic carbocycles. The monoisotopic (exact) mass is 156 g/mol. The average Bonchev–Trinajstić information content (AvgIpc) is 2.04. The number of hydrogen-bond acceptors (Lipinski definition) is 1. The third kappa shape index (κ3) is 2.19. The van der Waals surface area contributed by atoms with E-state index in [2.05, 4.69) is 13.8 Å². The lowest BCUT2D eigenvalue weighted by Crippen LogP contribution is -2.29. The molecule has 0 saturated heterocycles. The smallest absolute Gasteiger partial charge is 0.0599 e. The standard InChI is InChI=1S/C10H20O/c1-4-9-7-8(2)5-6-10(9)11-3/h8-10H,4-7H2,1-3H3/t8-,9?,10?/m1/s1. The number of rotatable bonds is 2. The molecule has 1 aliphatic carbocycles. The normalized spacial score (nSPS) is 39.0. The Hall–Kier alpha value is -0.0400. The van der Waals surface area contributed by atoms with E-state index in [0.29, 0.717) is 6.10 Å². The predicted octanol–water partition coefficient (Wildman–Crippen LogP) is 2.85. The van der Waals surface area contributed by atoms with Gasteiger partial charge in [0.25, 0.3) is 0 Å². The van der Waals surface area contributed by atoms with Gasteiger partial charge < -0.3 is 4.74 Å². The first kappa shape index (κ1) is 9.05. The fraction of sp³-hybridized carbons (Fsp3) is 1.00. The second kappa shape index (κ2) is 4.10. The van der Waals surface area contributed by atoms with Crippen molar-refractivity contribution < 1.29 is 4.74 Å². The fourth-order valence-electron chi connectivity index (χ4n) is 2.21. The zero-order chi connectivity index (χ0) is 8.27. The lowest BCUT2D eigenvalue weighted by Gasteiger charge is -2.33. The molecular formula is C10H20O. The van der Waals surface area contributed by atoms with Crippen LogP contribution in [0.15, 0.2) is 0 Å². The summed E-state index contributed by atoms with van der Waals surface area (Å²) in [5, 5.41) is 0. The third-order valence-electron chi connectivity index (χ3n) is 3.00.